The molecule has 2 rings (SSSR count). The molecule has 6 heteroatoms. The molecule has 0 aromatic carbocycles. The highest BCUT2D eigenvalue weighted by atomic mass is 32.2. The Kier molecular flexibility index (Phi) is 4.76. The van der Waals surface area contributed by atoms with Crippen LogP contribution in [0.4, 0.5) is 0 Å². The summed E-state index contributed by atoms with van der Waals surface area (Å²) in [4.78, 5) is 4.09. The number of nitrogens with two attached hydrogens (primary N) is 1. The van der Waals surface area contributed by atoms with Gasteiger partial charge >= 0.3 is 0 Å². The molecule has 0 spiro atoms. The molecule has 1 saturated carbocycles. The standard InChI is InChI=1S/C14H19N3O2S/c1-11-4-2-6-14(11)17-20(18,19)13-8-12(5-3-7-15)9-16-10-13/h8-11,14,17H,2,4,6-7,15H2,1H3. The van der Waals surface area contributed by atoms with Crippen LogP contribution in [0.2, 0.25) is 0 Å². The van der Waals surface area contributed by atoms with Crippen LogP contribution in [0.25, 0.3) is 0 Å². The predicted octanol–water partition coefficient (Wildman–Crippen LogP) is 0.859. The average molecular weight is 293 g/mol. The first-order valence-electron chi connectivity index (χ1n) is 6.69. The molecule has 108 valence electrons. The minimum atomic E-state index is -3.54. The molecule has 5 nitrogen and oxygen atoms in total. The molecule has 1 heterocycles. The number of nitrogens with zero attached hydrogens (tertiary/aromatic N) is 1. The molecule has 1 aliphatic rings. The summed E-state index contributed by atoms with van der Waals surface area (Å²) in [7, 11) is -3.54. The van der Waals surface area contributed by atoms with Gasteiger partial charge in [0.15, 0.2) is 0 Å². The van der Waals surface area contributed by atoms with Gasteiger partial charge in [-0.15, -0.1) is 0 Å². The van der Waals surface area contributed by atoms with Gasteiger partial charge in [0.1, 0.15) is 4.90 Å². The van der Waals surface area contributed by atoms with Crippen molar-refractivity contribution in [2.75, 3.05) is 6.54 Å². The fourth-order valence-electron chi connectivity index (χ4n) is 2.38. The van der Waals surface area contributed by atoms with Crippen LogP contribution in [0, 0.1) is 17.8 Å². The highest BCUT2D eigenvalue weighted by molar-refractivity contribution is 7.89. The quantitative estimate of drug-likeness (QED) is 0.809. The fourth-order valence-corrected chi connectivity index (χ4v) is 3.74. The van der Waals surface area contributed by atoms with Crippen LogP contribution in [0.5, 0.6) is 0 Å². The third kappa shape index (κ3) is 3.57. The van der Waals surface area contributed by atoms with Crippen LogP contribution in [0.15, 0.2) is 23.4 Å². The molecule has 20 heavy (non-hydrogen) atoms. The van der Waals surface area contributed by atoms with E-state index in [-0.39, 0.29) is 17.5 Å². The van der Waals surface area contributed by atoms with E-state index in [9.17, 15) is 8.42 Å². The van der Waals surface area contributed by atoms with E-state index in [0.717, 1.165) is 19.3 Å². The lowest BCUT2D eigenvalue weighted by atomic mass is 10.1. The molecule has 0 radical (unpaired) electrons. The molecule has 0 bridgehead atoms. The lowest BCUT2D eigenvalue weighted by molar-refractivity contribution is 0.476. The third-order valence-electron chi connectivity index (χ3n) is 3.53. The van der Waals surface area contributed by atoms with E-state index < -0.39 is 10.0 Å². The molecule has 2 atom stereocenters. The average Bonchev–Trinajstić information content (AvgIpc) is 2.82. The Labute approximate surface area is 120 Å². The van der Waals surface area contributed by atoms with Gasteiger partial charge in [0, 0.05) is 24.0 Å². The van der Waals surface area contributed by atoms with Gasteiger partial charge in [0.25, 0.3) is 0 Å². The number of nitrogens with one attached hydrogen (secondary N) is 1. The molecule has 1 aromatic rings. The van der Waals surface area contributed by atoms with Gasteiger partial charge in [-0.3, -0.25) is 4.98 Å². The van der Waals surface area contributed by atoms with Crippen molar-refractivity contribution in [3.8, 4) is 11.8 Å². The van der Waals surface area contributed by atoms with Crippen molar-refractivity contribution in [2.24, 2.45) is 11.7 Å². The van der Waals surface area contributed by atoms with Crippen LogP contribution in [0.3, 0.4) is 0 Å². The number of pyridine rings is 1. The highest BCUT2D eigenvalue weighted by Crippen LogP contribution is 2.26. The molecule has 3 N–H and O–H groups in total. The Morgan fingerprint density at radius 3 is 2.90 bits per heavy atom. The molecule has 0 saturated heterocycles. The summed E-state index contributed by atoms with van der Waals surface area (Å²) < 4.78 is 27.4. The zero-order valence-electron chi connectivity index (χ0n) is 11.5. The summed E-state index contributed by atoms with van der Waals surface area (Å²) >= 11 is 0. The highest BCUT2D eigenvalue weighted by Gasteiger charge is 2.28. The summed E-state index contributed by atoms with van der Waals surface area (Å²) in [6.07, 6.45) is 5.89. The number of aromatic nitrogens is 1. The summed E-state index contributed by atoms with van der Waals surface area (Å²) in [6.45, 7) is 2.30. The summed E-state index contributed by atoms with van der Waals surface area (Å²) in [5.74, 6) is 5.85. The first-order chi connectivity index (χ1) is 9.53. The molecule has 0 amide bonds. The summed E-state index contributed by atoms with van der Waals surface area (Å²) in [6, 6.07) is 1.54. The monoisotopic (exact) mass is 293 g/mol. The van der Waals surface area contributed by atoms with Crippen LogP contribution in [-0.4, -0.2) is 26.0 Å². The maximum Gasteiger partial charge on any atom is 0.242 e. The van der Waals surface area contributed by atoms with Crippen LogP contribution in [0.1, 0.15) is 31.7 Å². The smallest absolute Gasteiger partial charge is 0.242 e. The number of sulfonamides is 1. The molecule has 2 unspecified atom stereocenters. The van der Waals surface area contributed by atoms with E-state index in [1.54, 1.807) is 0 Å². The van der Waals surface area contributed by atoms with E-state index in [0.29, 0.717) is 11.5 Å². The van der Waals surface area contributed by atoms with Crippen LogP contribution in [-0.2, 0) is 10.0 Å². The molecule has 1 aliphatic carbocycles. The Hall–Kier alpha value is -1.42. The van der Waals surface area contributed by atoms with Crippen LogP contribution >= 0.6 is 0 Å². The van der Waals surface area contributed by atoms with E-state index in [1.165, 1.54) is 18.5 Å². The maximum absolute atomic E-state index is 12.3. The van der Waals surface area contributed by atoms with Crippen molar-refractivity contribution in [3.05, 3.63) is 24.0 Å². The Balaban J connectivity index is 2.20. The van der Waals surface area contributed by atoms with Crippen molar-refractivity contribution in [1.29, 1.82) is 0 Å². The van der Waals surface area contributed by atoms with E-state index in [2.05, 4.69) is 28.5 Å². The van der Waals surface area contributed by atoms with Crippen molar-refractivity contribution in [3.63, 3.8) is 0 Å². The molecular formula is C14H19N3O2S. The SMILES string of the molecule is CC1CCCC1NS(=O)(=O)c1cncc(C#CCN)c1. The topological polar surface area (TPSA) is 85.1 Å². The largest absolute Gasteiger partial charge is 0.320 e. The second kappa shape index (κ2) is 6.35. The lowest BCUT2D eigenvalue weighted by Gasteiger charge is -2.17. The minimum absolute atomic E-state index is 0.0128. The predicted molar refractivity (Wildman–Crippen MR) is 77.3 cm³/mol. The third-order valence-corrected chi connectivity index (χ3v) is 4.98. The Morgan fingerprint density at radius 2 is 2.25 bits per heavy atom. The van der Waals surface area contributed by atoms with Gasteiger partial charge in [0.05, 0.1) is 6.54 Å². The van der Waals surface area contributed by atoms with Crippen molar-refractivity contribution in [1.82, 2.24) is 9.71 Å². The minimum Gasteiger partial charge on any atom is -0.320 e. The van der Waals surface area contributed by atoms with Gasteiger partial charge in [0.2, 0.25) is 10.0 Å². The van der Waals surface area contributed by atoms with Crippen molar-refractivity contribution >= 4 is 10.0 Å². The second-order valence-electron chi connectivity index (χ2n) is 5.05. The number of rotatable bonds is 3. The van der Waals surface area contributed by atoms with Gasteiger partial charge in [-0.25, -0.2) is 13.1 Å². The van der Waals surface area contributed by atoms with Gasteiger partial charge in [-0.1, -0.05) is 25.2 Å². The molecule has 1 fully saturated rings. The second-order valence-corrected chi connectivity index (χ2v) is 6.77. The van der Waals surface area contributed by atoms with Gasteiger partial charge in [-0.2, -0.15) is 0 Å². The normalized spacial score (nSPS) is 22.3. The fraction of sp³-hybridized carbons (Fsp3) is 0.500. The van der Waals surface area contributed by atoms with Gasteiger partial charge < -0.3 is 5.73 Å². The number of hydrogen-bond donors (Lipinski definition) is 2. The lowest BCUT2D eigenvalue weighted by Crippen LogP contribution is -2.36. The Morgan fingerprint density at radius 1 is 1.45 bits per heavy atom. The zero-order chi connectivity index (χ0) is 14.6. The number of hydrogen-bond acceptors (Lipinski definition) is 4. The van der Waals surface area contributed by atoms with Crippen molar-refractivity contribution in [2.45, 2.75) is 37.1 Å². The summed E-state index contributed by atoms with van der Waals surface area (Å²) in [5.41, 5.74) is 5.85. The van der Waals surface area contributed by atoms with Crippen molar-refractivity contribution < 1.29 is 8.42 Å². The Bertz CT molecular complexity index is 631. The van der Waals surface area contributed by atoms with E-state index in [4.69, 9.17) is 5.73 Å². The van der Waals surface area contributed by atoms with Gasteiger partial charge in [-0.05, 0) is 24.8 Å². The van der Waals surface area contributed by atoms with Crippen LogP contribution < -0.4 is 10.5 Å². The molecular weight excluding hydrogens is 274 g/mol. The molecule has 0 aliphatic heterocycles. The first kappa shape index (κ1) is 15.0. The maximum atomic E-state index is 12.3. The first-order valence-corrected chi connectivity index (χ1v) is 8.17. The van der Waals surface area contributed by atoms with E-state index in [1.807, 2.05) is 0 Å². The van der Waals surface area contributed by atoms with E-state index >= 15 is 0 Å². The zero-order valence-corrected chi connectivity index (χ0v) is 12.3. The molecule has 1 aromatic heterocycles. The summed E-state index contributed by atoms with van der Waals surface area (Å²) in [5, 5.41) is 0.